The standard InChI is InChI=1S/C20H26N2O2S/c1-16(2)25(23,24)22(19-12-13-21-14-19)15-18-10-6-7-11-20(18)17-8-4-3-5-9-17/h3-11,16,19,21H,12-15H2,1-2H3/t19-/m0/s1. The van der Waals surface area contributed by atoms with Crippen molar-refractivity contribution in [2.45, 2.75) is 38.1 Å². The highest BCUT2D eigenvalue weighted by Crippen LogP contribution is 2.28. The number of sulfonamides is 1. The Labute approximate surface area is 150 Å². The largest absolute Gasteiger partial charge is 0.315 e. The second kappa shape index (κ2) is 7.68. The molecule has 25 heavy (non-hydrogen) atoms. The minimum absolute atomic E-state index is 0.0243. The van der Waals surface area contributed by atoms with Crippen LogP contribution in [0.3, 0.4) is 0 Å². The molecule has 0 bridgehead atoms. The summed E-state index contributed by atoms with van der Waals surface area (Å²) in [6.45, 7) is 5.52. The lowest BCUT2D eigenvalue weighted by Gasteiger charge is -2.30. The van der Waals surface area contributed by atoms with Crippen molar-refractivity contribution in [1.82, 2.24) is 9.62 Å². The van der Waals surface area contributed by atoms with E-state index in [1.54, 1.807) is 18.2 Å². The summed E-state index contributed by atoms with van der Waals surface area (Å²) < 4.78 is 27.6. The van der Waals surface area contributed by atoms with E-state index in [4.69, 9.17) is 0 Å². The van der Waals surface area contributed by atoms with Crippen LogP contribution < -0.4 is 5.32 Å². The summed E-state index contributed by atoms with van der Waals surface area (Å²) in [6.07, 6.45) is 0.861. The molecule has 0 aliphatic carbocycles. The van der Waals surface area contributed by atoms with Crippen LogP contribution in [0.25, 0.3) is 11.1 Å². The molecule has 0 saturated carbocycles. The maximum absolute atomic E-state index is 13.0. The summed E-state index contributed by atoms with van der Waals surface area (Å²) in [5.41, 5.74) is 3.26. The summed E-state index contributed by atoms with van der Waals surface area (Å²) in [6, 6.07) is 18.3. The number of nitrogens with one attached hydrogen (secondary N) is 1. The molecule has 5 heteroatoms. The molecule has 1 atom stereocenters. The van der Waals surface area contributed by atoms with Crippen molar-refractivity contribution < 1.29 is 8.42 Å². The van der Waals surface area contributed by atoms with Crippen molar-refractivity contribution in [2.75, 3.05) is 13.1 Å². The van der Waals surface area contributed by atoms with Crippen LogP contribution in [0.15, 0.2) is 54.6 Å². The van der Waals surface area contributed by atoms with Crippen molar-refractivity contribution in [1.29, 1.82) is 0 Å². The molecule has 3 rings (SSSR count). The zero-order valence-corrected chi connectivity index (χ0v) is 15.7. The predicted molar refractivity (Wildman–Crippen MR) is 103 cm³/mol. The fourth-order valence-corrected chi connectivity index (χ4v) is 4.76. The maximum atomic E-state index is 13.0. The van der Waals surface area contributed by atoms with Crippen LogP contribution >= 0.6 is 0 Å². The van der Waals surface area contributed by atoms with Crippen molar-refractivity contribution >= 4 is 10.0 Å². The third kappa shape index (κ3) is 3.94. The summed E-state index contributed by atoms with van der Waals surface area (Å²) in [7, 11) is -3.33. The van der Waals surface area contributed by atoms with Gasteiger partial charge in [0.05, 0.1) is 5.25 Å². The van der Waals surface area contributed by atoms with E-state index in [1.807, 2.05) is 36.4 Å². The van der Waals surface area contributed by atoms with E-state index >= 15 is 0 Å². The fourth-order valence-electron chi connectivity index (χ4n) is 3.31. The molecule has 2 aromatic carbocycles. The van der Waals surface area contributed by atoms with Gasteiger partial charge in [0.1, 0.15) is 0 Å². The lowest BCUT2D eigenvalue weighted by atomic mass is 9.99. The SMILES string of the molecule is CC(C)S(=O)(=O)N(Cc1ccccc1-c1ccccc1)[C@H]1CCNC1. The molecule has 1 aliphatic rings. The van der Waals surface area contributed by atoms with Gasteiger partial charge < -0.3 is 5.32 Å². The van der Waals surface area contributed by atoms with Gasteiger partial charge in [-0.15, -0.1) is 0 Å². The lowest BCUT2D eigenvalue weighted by Crippen LogP contribution is -2.44. The molecule has 0 spiro atoms. The topological polar surface area (TPSA) is 49.4 Å². The number of hydrogen-bond acceptors (Lipinski definition) is 3. The van der Waals surface area contributed by atoms with Gasteiger partial charge >= 0.3 is 0 Å². The monoisotopic (exact) mass is 358 g/mol. The third-order valence-corrected chi connectivity index (χ3v) is 7.06. The number of nitrogens with zero attached hydrogens (tertiary/aromatic N) is 1. The number of benzene rings is 2. The smallest absolute Gasteiger partial charge is 0.217 e. The Morgan fingerprint density at radius 3 is 2.40 bits per heavy atom. The molecule has 1 saturated heterocycles. The molecule has 1 heterocycles. The summed E-state index contributed by atoms with van der Waals surface area (Å²) in [5.74, 6) is 0. The Hall–Kier alpha value is -1.69. The second-order valence-corrected chi connectivity index (χ2v) is 9.25. The summed E-state index contributed by atoms with van der Waals surface area (Å²) in [5, 5.41) is 2.87. The second-order valence-electron chi connectivity index (χ2n) is 6.81. The van der Waals surface area contributed by atoms with Crippen LogP contribution in [0, 0.1) is 0 Å². The van der Waals surface area contributed by atoms with Crippen LogP contribution in [0.4, 0.5) is 0 Å². The van der Waals surface area contributed by atoms with Crippen molar-refractivity contribution in [3.63, 3.8) is 0 Å². The van der Waals surface area contributed by atoms with E-state index in [0.29, 0.717) is 6.54 Å². The minimum Gasteiger partial charge on any atom is -0.315 e. The van der Waals surface area contributed by atoms with Gasteiger partial charge in [0.15, 0.2) is 0 Å². The summed E-state index contributed by atoms with van der Waals surface area (Å²) >= 11 is 0. The average molecular weight is 359 g/mol. The first-order valence-electron chi connectivity index (χ1n) is 8.85. The molecular weight excluding hydrogens is 332 g/mol. The van der Waals surface area contributed by atoms with E-state index in [2.05, 4.69) is 23.5 Å². The Bertz CT molecular complexity index is 797. The van der Waals surface area contributed by atoms with E-state index in [-0.39, 0.29) is 6.04 Å². The fraction of sp³-hybridized carbons (Fsp3) is 0.400. The molecule has 0 amide bonds. The van der Waals surface area contributed by atoms with E-state index in [1.165, 1.54) is 0 Å². The first kappa shape index (κ1) is 18.1. The Morgan fingerprint density at radius 1 is 1.08 bits per heavy atom. The van der Waals surface area contributed by atoms with Crippen molar-refractivity contribution in [2.24, 2.45) is 0 Å². The molecule has 1 aliphatic heterocycles. The van der Waals surface area contributed by atoms with Gasteiger partial charge in [-0.05, 0) is 43.5 Å². The van der Waals surface area contributed by atoms with Crippen LogP contribution in [0.1, 0.15) is 25.8 Å². The van der Waals surface area contributed by atoms with Crippen LogP contribution in [-0.4, -0.2) is 37.1 Å². The zero-order valence-electron chi connectivity index (χ0n) is 14.9. The van der Waals surface area contributed by atoms with Crippen molar-refractivity contribution in [3.8, 4) is 11.1 Å². The minimum atomic E-state index is -3.33. The molecule has 2 aromatic rings. The Balaban J connectivity index is 1.98. The van der Waals surface area contributed by atoms with Gasteiger partial charge in [-0.2, -0.15) is 4.31 Å². The van der Waals surface area contributed by atoms with Gasteiger partial charge in [-0.1, -0.05) is 54.6 Å². The van der Waals surface area contributed by atoms with E-state index in [9.17, 15) is 8.42 Å². The Morgan fingerprint density at radius 2 is 1.76 bits per heavy atom. The first-order valence-corrected chi connectivity index (χ1v) is 10.3. The number of hydrogen-bond donors (Lipinski definition) is 1. The van der Waals surface area contributed by atoms with Crippen LogP contribution in [0.2, 0.25) is 0 Å². The van der Waals surface area contributed by atoms with Crippen molar-refractivity contribution in [3.05, 3.63) is 60.2 Å². The normalized spacial score (nSPS) is 18.2. The van der Waals surface area contributed by atoms with Gasteiger partial charge in [0, 0.05) is 19.1 Å². The van der Waals surface area contributed by atoms with Gasteiger partial charge in [0.25, 0.3) is 0 Å². The predicted octanol–water partition coefficient (Wildman–Crippen LogP) is 3.26. The maximum Gasteiger partial charge on any atom is 0.217 e. The molecule has 134 valence electrons. The molecule has 0 unspecified atom stereocenters. The van der Waals surface area contributed by atoms with Gasteiger partial charge in [-0.3, -0.25) is 0 Å². The van der Waals surface area contributed by atoms with Crippen LogP contribution in [0.5, 0.6) is 0 Å². The molecule has 1 fully saturated rings. The quantitative estimate of drug-likeness (QED) is 0.862. The number of rotatable bonds is 6. The molecule has 0 radical (unpaired) electrons. The molecular formula is C20H26N2O2S. The first-order chi connectivity index (χ1) is 12.0. The van der Waals surface area contributed by atoms with E-state index < -0.39 is 15.3 Å². The van der Waals surface area contributed by atoms with Gasteiger partial charge in [0.2, 0.25) is 10.0 Å². The summed E-state index contributed by atoms with van der Waals surface area (Å²) in [4.78, 5) is 0. The molecule has 4 nitrogen and oxygen atoms in total. The third-order valence-electron chi connectivity index (χ3n) is 4.79. The van der Waals surface area contributed by atoms with Gasteiger partial charge in [-0.25, -0.2) is 8.42 Å². The van der Waals surface area contributed by atoms with E-state index in [0.717, 1.165) is 36.2 Å². The van der Waals surface area contributed by atoms with Crippen LogP contribution in [-0.2, 0) is 16.6 Å². The molecule has 1 N–H and O–H groups in total. The average Bonchev–Trinajstić information content (AvgIpc) is 3.14. The highest BCUT2D eigenvalue weighted by atomic mass is 32.2. The zero-order chi connectivity index (χ0) is 17.9. The molecule has 0 aromatic heterocycles. The Kier molecular flexibility index (Phi) is 5.57. The lowest BCUT2D eigenvalue weighted by molar-refractivity contribution is 0.326. The highest BCUT2D eigenvalue weighted by Gasteiger charge is 2.34. The highest BCUT2D eigenvalue weighted by molar-refractivity contribution is 7.89.